The van der Waals surface area contributed by atoms with Gasteiger partial charge in [0.15, 0.2) is 0 Å². The lowest BCUT2D eigenvalue weighted by molar-refractivity contribution is -0.137. The standard InChI is InChI=1S/C18H34O2.C5H11N/c1-2-3-4-5-6-7-8-9-10-11-12-13-14-15-16-17-18(19)20;1-2-4-6-5-3-1/h9-10H,2-8,11-17H2,1H3,(H,19,20);6H,1-5H2. The molecule has 1 aliphatic heterocycles. The summed E-state index contributed by atoms with van der Waals surface area (Å²) in [6, 6.07) is 0. The smallest absolute Gasteiger partial charge is 0.303 e. The first-order valence-electron chi connectivity index (χ1n) is 11.3. The molecule has 0 saturated carbocycles. The van der Waals surface area contributed by atoms with Crippen LogP contribution in [-0.2, 0) is 4.79 Å². The molecule has 3 nitrogen and oxygen atoms in total. The van der Waals surface area contributed by atoms with Crippen LogP contribution in [0.25, 0.3) is 0 Å². The molecule has 0 atom stereocenters. The van der Waals surface area contributed by atoms with E-state index in [0.29, 0.717) is 6.42 Å². The van der Waals surface area contributed by atoms with E-state index in [2.05, 4.69) is 24.4 Å². The van der Waals surface area contributed by atoms with Crippen LogP contribution in [0.2, 0.25) is 0 Å². The fourth-order valence-corrected chi connectivity index (χ4v) is 3.15. The number of hydrogen-bond acceptors (Lipinski definition) is 2. The predicted molar refractivity (Wildman–Crippen MR) is 114 cm³/mol. The molecule has 0 aromatic carbocycles. The lowest BCUT2D eigenvalue weighted by atomic mass is 10.1. The molecule has 0 aromatic heterocycles. The summed E-state index contributed by atoms with van der Waals surface area (Å²) in [6.07, 6.45) is 25.5. The van der Waals surface area contributed by atoms with Crippen LogP contribution in [0.3, 0.4) is 0 Å². The molecule has 1 heterocycles. The van der Waals surface area contributed by atoms with Crippen molar-refractivity contribution in [1.29, 1.82) is 0 Å². The summed E-state index contributed by atoms with van der Waals surface area (Å²) in [5.41, 5.74) is 0. The Morgan fingerprint density at radius 2 is 1.27 bits per heavy atom. The molecular weight excluding hydrogens is 322 g/mol. The van der Waals surface area contributed by atoms with Crippen LogP contribution in [0.4, 0.5) is 0 Å². The second kappa shape index (κ2) is 22.2. The number of carboxylic acid groups (broad SMARTS) is 1. The minimum atomic E-state index is -0.664. The Morgan fingerprint density at radius 3 is 1.69 bits per heavy atom. The third kappa shape index (κ3) is 23.2. The molecule has 0 aliphatic carbocycles. The molecule has 26 heavy (non-hydrogen) atoms. The summed E-state index contributed by atoms with van der Waals surface area (Å²) in [5, 5.41) is 11.8. The summed E-state index contributed by atoms with van der Waals surface area (Å²) in [4.78, 5) is 10.3. The van der Waals surface area contributed by atoms with Crippen LogP contribution in [0.15, 0.2) is 12.2 Å². The number of carboxylic acids is 1. The van der Waals surface area contributed by atoms with Crippen molar-refractivity contribution in [3.05, 3.63) is 12.2 Å². The summed E-state index contributed by atoms with van der Waals surface area (Å²) in [5.74, 6) is -0.664. The van der Waals surface area contributed by atoms with Gasteiger partial charge in [-0.3, -0.25) is 4.79 Å². The zero-order chi connectivity index (χ0) is 19.1. The molecule has 1 rings (SSSR count). The minimum Gasteiger partial charge on any atom is -0.481 e. The molecule has 0 bridgehead atoms. The van der Waals surface area contributed by atoms with Gasteiger partial charge in [0.25, 0.3) is 0 Å². The van der Waals surface area contributed by atoms with Gasteiger partial charge in [0.2, 0.25) is 0 Å². The minimum absolute atomic E-state index is 0.332. The molecule has 2 N–H and O–H groups in total. The predicted octanol–water partition coefficient (Wildman–Crippen LogP) is 6.87. The van der Waals surface area contributed by atoms with Gasteiger partial charge in [0.05, 0.1) is 0 Å². The van der Waals surface area contributed by atoms with Gasteiger partial charge >= 0.3 is 5.97 Å². The van der Waals surface area contributed by atoms with Gasteiger partial charge < -0.3 is 10.4 Å². The SMILES string of the molecule is C1CCNCC1.CCCCCCCCC=CCCCCCCCC(=O)O. The highest BCUT2D eigenvalue weighted by molar-refractivity contribution is 5.66. The lowest BCUT2D eigenvalue weighted by Crippen LogP contribution is -2.21. The Morgan fingerprint density at radius 1 is 0.769 bits per heavy atom. The molecule has 0 spiro atoms. The summed E-state index contributed by atoms with van der Waals surface area (Å²) in [7, 11) is 0. The van der Waals surface area contributed by atoms with E-state index >= 15 is 0 Å². The van der Waals surface area contributed by atoms with Crippen molar-refractivity contribution < 1.29 is 9.90 Å². The molecule has 0 radical (unpaired) electrons. The van der Waals surface area contributed by atoms with Crippen molar-refractivity contribution in [2.24, 2.45) is 0 Å². The monoisotopic (exact) mass is 367 g/mol. The number of unbranched alkanes of at least 4 members (excludes halogenated alkanes) is 11. The van der Waals surface area contributed by atoms with Gasteiger partial charge in [-0.15, -0.1) is 0 Å². The van der Waals surface area contributed by atoms with Gasteiger partial charge in [-0.05, 0) is 58.0 Å². The van der Waals surface area contributed by atoms with Crippen molar-refractivity contribution in [3.8, 4) is 0 Å². The summed E-state index contributed by atoms with van der Waals surface area (Å²) in [6.45, 7) is 4.76. The van der Waals surface area contributed by atoms with Gasteiger partial charge in [0.1, 0.15) is 0 Å². The number of carbonyl (C=O) groups is 1. The Bertz CT molecular complexity index is 300. The fourth-order valence-electron chi connectivity index (χ4n) is 3.15. The third-order valence-electron chi connectivity index (χ3n) is 4.86. The third-order valence-corrected chi connectivity index (χ3v) is 4.86. The van der Waals surface area contributed by atoms with Crippen molar-refractivity contribution in [3.63, 3.8) is 0 Å². The highest BCUT2D eigenvalue weighted by Crippen LogP contribution is 2.09. The zero-order valence-corrected chi connectivity index (χ0v) is 17.4. The van der Waals surface area contributed by atoms with Crippen LogP contribution < -0.4 is 5.32 Å². The van der Waals surface area contributed by atoms with E-state index in [1.165, 1.54) is 103 Å². The van der Waals surface area contributed by atoms with Crippen molar-refractivity contribution in [2.75, 3.05) is 13.1 Å². The topological polar surface area (TPSA) is 49.3 Å². The molecule has 3 heteroatoms. The first-order chi connectivity index (χ1) is 12.8. The van der Waals surface area contributed by atoms with Crippen LogP contribution in [0, 0.1) is 0 Å². The van der Waals surface area contributed by atoms with Crippen molar-refractivity contribution in [1.82, 2.24) is 5.32 Å². The first kappa shape index (κ1) is 25.2. The number of rotatable bonds is 15. The Labute approximate surface area is 163 Å². The number of allylic oxidation sites excluding steroid dienone is 2. The fraction of sp³-hybridized carbons (Fsp3) is 0.870. The molecule has 154 valence electrons. The van der Waals surface area contributed by atoms with Gasteiger partial charge in [0, 0.05) is 6.42 Å². The maximum atomic E-state index is 10.3. The largest absolute Gasteiger partial charge is 0.481 e. The van der Waals surface area contributed by atoms with Crippen LogP contribution in [-0.4, -0.2) is 24.2 Å². The Kier molecular flexibility index (Phi) is 21.5. The molecule has 1 saturated heterocycles. The van der Waals surface area contributed by atoms with Crippen molar-refractivity contribution in [2.45, 2.75) is 116 Å². The summed E-state index contributed by atoms with van der Waals surface area (Å²) < 4.78 is 0. The molecule has 0 unspecified atom stereocenters. The average molecular weight is 368 g/mol. The quantitative estimate of drug-likeness (QED) is 0.245. The first-order valence-corrected chi connectivity index (χ1v) is 11.3. The molecule has 0 amide bonds. The normalized spacial score (nSPS) is 14.2. The Balaban J connectivity index is 0.000000867. The average Bonchev–Trinajstić information content (AvgIpc) is 2.66. The van der Waals surface area contributed by atoms with Gasteiger partial charge in [-0.1, -0.05) is 76.9 Å². The highest BCUT2D eigenvalue weighted by atomic mass is 16.4. The number of piperidine rings is 1. The van der Waals surface area contributed by atoms with Crippen LogP contribution >= 0.6 is 0 Å². The molecule has 1 fully saturated rings. The van der Waals surface area contributed by atoms with E-state index in [-0.39, 0.29) is 0 Å². The number of hydrogen-bond donors (Lipinski definition) is 2. The molecule has 1 aliphatic rings. The zero-order valence-electron chi connectivity index (χ0n) is 17.4. The maximum Gasteiger partial charge on any atom is 0.303 e. The van der Waals surface area contributed by atoms with Gasteiger partial charge in [-0.2, -0.15) is 0 Å². The Hall–Kier alpha value is -0.830. The van der Waals surface area contributed by atoms with E-state index in [1.54, 1.807) is 0 Å². The molecular formula is C23H45NO2. The van der Waals surface area contributed by atoms with E-state index < -0.39 is 5.97 Å². The van der Waals surface area contributed by atoms with Crippen molar-refractivity contribution >= 4 is 5.97 Å². The molecule has 0 aromatic rings. The van der Waals surface area contributed by atoms with Crippen LogP contribution in [0.1, 0.15) is 116 Å². The number of nitrogens with one attached hydrogen (secondary N) is 1. The van der Waals surface area contributed by atoms with E-state index in [0.717, 1.165) is 12.8 Å². The lowest BCUT2D eigenvalue weighted by Gasteiger charge is -2.08. The van der Waals surface area contributed by atoms with Crippen LogP contribution in [0.5, 0.6) is 0 Å². The van der Waals surface area contributed by atoms with Gasteiger partial charge in [-0.25, -0.2) is 0 Å². The number of aliphatic carboxylic acids is 1. The van der Waals surface area contributed by atoms with E-state index in [1.807, 2.05) is 0 Å². The van der Waals surface area contributed by atoms with E-state index in [9.17, 15) is 4.79 Å². The van der Waals surface area contributed by atoms with E-state index in [4.69, 9.17) is 5.11 Å². The highest BCUT2D eigenvalue weighted by Gasteiger charge is 1.96. The second-order valence-corrected chi connectivity index (χ2v) is 7.54. The maximum absolute atomic E-state index is 10.3. The summed E-state index contributed by atoms with van der Waals surface area (Å²) >= 11 is 0. The second-order valence-electron chi connectivity index (χ2n) is 7.54.